The van der Waals surface area contributed by atoms with E-state index < -0.39 is 5.97 Å². The van der Waals surface area contributed by atoms with Gasteiger partial charge in [-0.3, -0.25) is 0 Å². The molecular formula is C22H19NO5. The second-order valence-corrected chi connectivity index (χ2v) is 5.80. The van der Waals surface area contributed by atoms with E-state index in [2.05, 4.69) is 4.98 Å². The quantitative estimate of drug-likeness (QED) is 0.482. The van der Waals surface area contributed by atoms with Gasteiger partial charge in [0.2, 0.25) is 5.88 Å². The number of methoxy groups -OCH3 is 2. The lowest BCUT2D eigenvalue weighted by Crippen LogP contribution is -2.00. The normalized spacial score (nSPS) is 11.0. The molecule has 0 amide bonds. The molecule has 1 N–H and O–H groups in total. The molecule has 28 heavy (non-hydrogen) atoms. The number of aromatic nitrogens is 1. The Labute approximate surface area is 162 Å². The van der Waals surface area contributed by atoms with Crippen molar-refractivity contribution in [1.82, 2.24) is 4.98 Å². The summed E-state index contributed by atoms with van der Waals surface area (Å²) < 4.78 is 16.1. The van der Waals surface area contributed by atoms with E-state index in [9.17, 15) is 9.90 Å². The number of pyridine rings is 1. The minimum absolute atomic E-state index is 0.139. The van der Waals surface area contributed by atoms with Gasteiger partial charge in [0.1, 0.15) is 17.2 Å². The fourth-order valence-electron chi connectivity index (χ4n) is 2.58. The summed E-state index contributed by atoms with van der Waals surface area (Å²) in [4.78, 5) is 15.9. The summed E-state index contributed by atoms with van der Waals surface area (Å²) in [5.74, 6) is 1.15. The Bertz CT molecular complexity index is 959. The van der Waals surface area contributed by atoms with Crippen LogP contribution in [0.5, 0.6) is 23.1 Å². The largest absolute Gasteiger partial charge is 0.497 e. The van der Waals surface area contributed by atoms with Crippen LogP contribution in [0.1, 0.15) is 11.1 Å². The van der Waals surface area contributed by atoms with Crippen molar-refractivity contribution in [2.24, 2.45) is 0 Å². The summed E-state index contributed by atoms with van der Waals surface area (Å²) in [5, 5.41) is 9.67. The standard InChI is InChI=1S/C22H19NO5/c1-26-18-11-15(12-19(14-18)27-2)13-20(22(24)25)16-6-8-17(9-7-16)28-21-5-3-4-10-23-21/h3-14H,1-2H3,(H,24,25)/b20-13+. The first-order valence-corrected chi connectivity index (χ1v) is 8.46. The molecule has 3 rings (SSSR count). The second-order valence-electron chi connectivity index (χ2n) is 5.80. The number of hydrogen-bond donors (Lipinski definition) is 1. The highest BCUT2D eigenvalue weighted by Crippen LogP contribution is 2.28. The molecule has 0 atom stereocenters. The Morgan fingerprint density at radius 1 is 0.929 bits per heavy atom. The molecule has 1 heterocycles. The van der Waals surface area contributed by atoms with E-state index in [1.165, 1.54) is 0 Å². The third-order valence-electron chi connectivity index (χ3n) is 3.94. The molecule has 6 nitrogen and oxygen atoms in total. The Hall–Kier alpha value is -3.80. The summed E-state index contributed by atoms with van der Waals surface area (Å²) in [6, 6.07) is 17.4. The molecule has 0 saturated carbocycles. The Kier molecular flexibility index (Phi) is 5.91. The van der Waals surface area contributed by atoms with Crippen LogP contribution in [-0.4, -0.2) is 30.3 Å². The average Bonchev–Trinajstić information content (AvgIpc) is 2.73. The van der Waals surface area contributed by atoms with Crippen LogP contribution in [-0.2, 0) is 4.79 Å². The first-order valence-electron chi connectivity index (χ1n) is 8.46. The van der Waals surface area contributed by atoms with Gasteiger partial charge in [0.25, 0.3) is 0 Å². The molecule has 0 radical (unpaired) electrons. The highest BCUT2D eigenvalue weighted by molar-refractivity contribution is 6.20. The van der Waals surface area contributed by atoms with E-state index in [0.717, 1.165) is 0 Å². The van der Waals surface area contributed by atoms with Crippen LogP contribution >= 0.6 is 0 Å². The van der Waals surface area contributed by atoms with Crippen molar-refractivity contribution < 1.29 is 24.1 Å². The summed E-state index contributed by atoms with van der Waals surface area (Å²) in [5.41, 5.74) is 1.34. The first kappa shape index (κ1) is 19.0. The lowest BCUT2D eigenvalue weighted by atomic mass is 10.0. The number of rotatable bonds is 7. The van der Waals surface area contributed by atoms with Gasteiger partial charge in [-0.25, -0.2) is 9.78 Å². The monoisotopic (exact) mass is 377 g/mol. The maximum atomic E-state index is 11.8. The maximum absolute atomic E-state index is 11.8. The summed E-state index contributed by atoms with van der Waals surface area (Å²) >= 11 is 0. The number of nitrogens with zero attached hydrogens (tertiary/aromatic N) is 1. The van der Waals surface area contributed by atoms with Crippen molar-refractivity contribution in [2.45, 2.75) is 0 Å². The third kappa shape index (κ3) is 4.67. The van der Waals surface area contributed by atoms with Gasteiger partial charge in [-0.2, -0.15) is 0 Å². The van der Waals surface area contributed by atoms with Gasteiger partial charge in [0.05, 0.1) is 19.8 Å². The molecular weight excluding hydrogens is 358 g/mol. The molecule has 0 unspecified atom stereocenters. The smallest absolute Gasteiger partial charge is 0.336 e. The fourth-order valence-corrected chi connectivity index (χ4v) is 2.58. The zero-order chi connectivity index (χ0) is 19.9. The Balaban J connectivity index is 1.90. The second kappa shape index (κ2) is 8.73. The number of ether oxygens (including phenoxy) is 3. The lowest BCUT2D eigenvalue weighted by Gasteiger charge is -2.09. The van der Waals surface area contributed by atoms with Gasteiger partial charge in [-0.1, -0.05) is 18.2 Å². The SMILES string of the molecule is COc1cc(/C=C(/C(=O)O)c2ccc(Oc3ccccn3)cc2)cc(OC)c1. The first-order chi connectivity index (χ1) is 13.6. The molecule has 0 fully saturated rings. The zero-order valence-corrected chi connectivity index (χ0v) is 15.5. The summed E-state index contributed by atoms with van der Waals surface area (Å²) in [6.45, 7) is 0. The minimum Gasteiger partial charge on any atom is -0.497 e. The number of benzene rings is 2. The van der Waals surface area contributed by atoms with Gasteiger partial charge in [0, 0.05) is 18.3 Å². The van der Waals surface area contributed by atoms with E-state index in [-0.39, 0.29) is 5.57 Å². The van der Waals surface area contributed by atoms with Crippen molar-refractivity contribution in [2.75, 3.05) is 14.2 Å². The molecule has 0 aliphatic carbocycles. The van der Waals surface area contributed by atoms with Crippen LogP contribution in [0, 0.1) is 0 Å². The van der Waals surface area contributed by atoms with Gasteiger partial charge < -0.3 is 19.3 Å². The van der Waals surface area contributed by atoms with Crippen LogP contribution in [0.2, 0.25) is 0 Å². The van der Waals surface area contributed by atoms with Gasteiger partial charge in [0.15, 0.2) is 0 Å². The van der Waals surface area contributed by atoms with Crippen molar-refractivity contribution in [3.05, 3.63) is 78.0 Å². The van der Waals surface area contributed by atoms with Crippen molar-refractivity contribution in [1.29, 1.82) is 0 Å². The molecule has 0 saturated heterocycles. The summed E-state index contributed by atoms with van der Waals surface area (Å²) in [6.07, 6.45) is 3.21. The number of carboxylic acid groups (broad SMARTS) is 1. The molecule has 0 aliphatic rings. The predicted molar refractivity (Wildman–Crippen MR) is 106 cm³/mol. The van der Waals surface area contributed by atoms with Crippen LogP contribution in [0.25, 0.3) is 11.6 Å². The average molecular weight is 377 g/mol. The lowest BCUT2D eigenvalue weighted by molar-refractivity contribution is -0.130. The molecule has 0 aliphatic heterocycles. The van der Waals surface area contributed by atoms with E-state index in [1.54, 1.807) is 81.1 Å². The predicted octanol–water partition coefficient (Wildman–Crippen LogP) is 4.52. The van der Waals surface area contributed by atoms with Gasteiger partial charge in [-0.15, -0.1) is 0 Å². The Morgan fingerprint density at radius 3 is 2.14 bits per heavy atom. The topological polar surface area (TPSA) is 77.9 Å². The van der Waals surface area contributed by atoms with Crippen LogP contribution < -0.4 is 14.2 Å². The third-order valence-corrected chi connectivity index (χ3v) is 3.94. The van der Waals surface area contributed by atoms with Gasteiger partial charge in [-0.05, 0) is 47.5 Å². The van der Waals surface area contributed by atoms with Crippen LogP contribution in [0.4, 0.5) is 0 Å². The minimum atomic E-state index is -1.04. The molecule has 6 heteroatoms. The van der Waals surface area contributed by atoms with E-state index >= 15 is 0 Å². The molecule has 0 bridgehead atoms. The highest BCUT2D eigenvalue weighted by Gasteiger charge is 2.12. The van der Waals surface area contributed by atoms with E-state index in [4.69, 9.17) is 14.2 Å². The molecule has 0 spiro atoms. The number of hydrogen-bond acceptors (Lipinski definition) is 5. The number of carboxylic acids is 1. The molecule has 3 aromatic rings. The van der Waals surface area contributed by atoms with Crippen molar-refractivity contribution in [3.63, 3.8) is 0 Å². The molecule has 2 aromatic carbocycles. The fraction of sp³-hybridized carbons (Fsp3) is 0.0909. The zero-order valence-electron chi connectivity index (χ0n) is 15.5. The van der Waals surface area contributed by atoms with Gasteiger partial charge >= 0.3 is 5.97 Å². The maximum Gasteiger partial charge on any atom is 0.336 e. The number of aliphatic carboxylic acids is 1. The number of carbonyl (C=O) groups is 1. The molecule has 1 aromatic heterocycles. The Morgan fingerprint density at radius 2 is 1.61 bits per heavy atom. The van der Waals surface area contributed by atoms with Crippen molar-refractivity contribution >= 4 is 17.6 Å². The van der Waals surface area contributed by atoms with E-state index in [1.807, 2.05) is 6.07 Å². The highest BCUT2D eigenvalue weighted by atomic mass is 16.5. The van der Waals surface area contributed by atoms with E-state index in [0.29, 0.717) is 34.3 Å². The van der Waals surface area contributed by atoms with Crippen molar-refractivity contribution in [3.8, 4) is 23.1 Å². The van der Waals surface area contributed by atoms with Crippen LogP contribution in [0.3, 0.4) is 0 Å². The molecule has 142 valence electrons. The summed E-state index contributed by atoms with van der Waals surface area (Å²) in [7, 11) is 3.08. The van der Waals surface area contributed by atoms with Crippen LogP contribution in [0.15, 0.2) is 66.9 Å².